The maximum absolute atomic E-state index is 11.5. The average molecular weight is 1480 g/mol. The smallest absolute Gasteiger partial charge is 0.187 e. The second-order valence-electron chi connectivity index (χ2n) is 25.2. The van der Waals surface area contributed by atoms with Crippen molar-refractivity contribution in [1.29, 1.82) is 0 Å². The lowest BCUT2D eigenvalue weighted by molar-refractivity contribution is -0.399. The van der Waals surface area contributed by atoms with Crippen LogP contribution in [-0.2, 0) is 80.5 Å². The Bertz CT molecular complexity index is 2440. The van der Waals surface area contributed by atoms with Crippen LogP contribution in [0.3, 0.4) is 0 Å². The lowest BCUT2D eigenvalue weighted by Crippen LogP contribution is -2.68. The van der Waals surface area contributed by atoms with Gasteiger partial charge in [0.1, 0.15) is 220 Å². The summed E-state index contributed by atoms with van der Waals surface area (Å²) in [6, 6.07) is 0. The van der Waals surface area contributed by atoms with Gasteiger partial charge in [0, 0.05) is 0 Å². The highest BCUT2D eigenvalue weighted by molar-refractivity contribution is 5.02. The van der Waals surface area contributed by atoms with Crippen LogP contribution in [0.25, 0.3) is 0 Å². The van der Waals surface area contributed by atoms with Gasteiger partial charge >= 0.3 is 0 Å². The predicted octanol–water partition coefficient (Wildman–Crippen LogP) is -20.6. The Morgan fingerprint density at radius 2 is 0.350 bits per heavy atom. The van der Waals surface area contributed by atoms with Crippen LogP contribution in [0.15, 0.2) is 0 Å². The van der Waals surface area contributed by atoms with Crippen LogP contribution in [0.5, 0.6) is 0 Å². The minimum atomic E-state index is -2.30. The van der Waals surface area contributed by atoms with Crippen LogP contribution in [0.4, 0.5) is 0 Å². The van der Waals surface area contributed by atoms with Crippen molar-refractivity contribution < 1.29 is 229 Å². The summed E-state index contributed by atoms with van der Waals surface area (Å²) < 4.78 is 94.8. The van der Waals surface area contributed by atoms with Gasteiger partial charge in [-0.05, 0) is 0 Å². The molecule has 584 valence electrons. The summed E-state index contributed by atoms with van der Waals surface area (Å²) in [6.45, 7) is -9.04. The molecule has 1 unspecified atom stereocenters. The van der Waals surface area contributed by atoms with E-state index >= 15 is 0 Å². The Balaban J connectivity index is 0.770. The third kappa shape index (κ3) is 16.9. The lowest BCUT2D eigenvalue weighted by Gasteiger charge is -2.50. The van der Waals surface area contributed by atoms with Crippen LogP contribution in [0.1, 0.15) is 0 Å². The summed E-state index contributed by atoms with van der Waals surface area (Å²) in [6.07, 6.45) is -89.2. The summed E-state index contributed by atoms with van der Waals surface area (Å²) in [5.41, 5.74) is 0. The van der Waals surface area contributed by atoms with Crippen molar-refractivity contribution >= 4 is 0 Å². The number of hydrogen-bond acceptors (Lipinski definition) is 46. The zero-order chi connectivity index (χ0) is 73.4. The molecular weight excluding hydrogens is 1380 g/mol. The summed E-state index contributed by atoms with van der Waals surface area (Å²) in [7, 11) is 0. The van der Waals surface area contributed by atoms with Crippen LogP contribution >= 0.6 is 0 Å². The zero-order valence-corrected chi connectivity index (χ0v) is 52.3. The van der Waals surface area contributed by atoms with Gasteiger partial charge in [-0.25, -0.2) is 0 Å². The second kappa shape index (κ2) is 35.5. The fourth-order valence-corrected chi connectivity index (χ4v) is 12.9. The van der Waals surface area contributed by atoms with Crippen LogP contribution in [0, 0.1) is 0 Å². The molecule has 0 saturated carbocycles. The largest absolute Gasteiger partial charge is 0.394 e. The summed E-state index contributed by atoms with van der Waals surface area (Å²) in [5, 5.41) is 311. The molecule has 9 heterocycles. The first kappa shape index (κ1) is 82.2. The lowest BCUT2D eigenvalue weighted by atomic mass is 9.95. The van der Waals surface area contributed by atoms with Crippen LogP contribution in [-0.4, -0.2) is 484 Å². The Labute approximate surface area is 563 Å². The Hall–Kier alpha value is -1.84. The molecule has 45 atom stereocenters. The topological polar surface area (TPSA) is 744 Å². The standard InChI is InChI=1S/C54H92O46/c55-1-10-19(63)21(65)31(75)47(86-10)84-9-18-20(64)22(66)32(76)48(93-18)95-40-12(3-57)88-50(34(78)24(40)68)97-42-14(5-59)90-52(36(80)26(42)70)99-44-16(7-61)92-54(38(82)28(44)72)100-45-17(8-62)91-53(37(81)29(45)73)98-43-15(6-60)89-51(35(79)27(43)71)96-41-13(4-58)87-49(33(77)25(41)69)94-39-11(2-56)85-46(83)30(74)23(39)67/h10-83H,1-9H2/t10-,11-,12-,13-,14-,15-,16-,17-,18-,19-,20-,21+,22+,23-,24-,25-,26-,27-,28-,29-,30-,31-,32-,33-,34-,35-,36-,37-,38-,39-,40-,41-,42-,43-,44-,45-,46?,47+,48-,49-,50-,51-,52-,53-,54-/m1/s1. The highest BCUT2D eigenvalue weighted by Gasteiger charge is 2.60. The molecule has 0 spiro atoms. The Morgan fingerprint density at radius 3 is 0.590 bits per heavy atom. The molecule has 0 aromatic rings. The molecule has 9 rings (SSSR count). The molecule has 0 radical (unpaired) electrons. The fourth-order valence-electron chi connectivity index (χ4n) is 12.9. The van der Waals surface area contributed by atoms with E-state index in [-0.39, 0.29) is 0 Å². The first-order valence-electron chi connectivity index (χ1n) is 31.7. The molecule has 0 bridgehead atoms. The fraction of sp³-hybridized carbons (Fsp3) is 1.00. The monoisotopic (exact) mass is 1480 g/mol. The zero-order valence-electron chi connectivity index (χ0n) is 52.3. The number of aliphatic hydroxyl groups is 29. The third-order valence-electron chi connectivity index (χ3n) is 18.7. The van der Waals surface area contributed by atoms with E-state index in [0.717, 1.165) is 0 Å². The number of rotatable bonds is 25. The van der Waals surface area contributed by atoms with Crippen LogP contribution in [0.2, 0.25) is 0 Å². The summed E-state index contributed by atoms with van der Waals surface area (Å²) in [4.78, 5) is 0. The number of ether oxygens (including phenoxy) is 17. The number of hydrogen-bond donors (Lipinski definition) is 29. The summed E-state index contributed by atoms with van der Waals surface area (Å²) >= 11 is 0. The Morgan fingerprint density at radius 1 is 0.170 bits per heavy atom. The van der Waals surface area contributed by atoms with E-state index < -0.39 is 336 Å². The van der Waals surface area contributed by atoms with E-state index in [2.05, 4.69) is 0 Å². The van der Waals surface area contributed by atoms with E-state index in [1.165, 1.54) is 0 Å². The van der Waals surface area contributed by atoms with Crippen molar-refractivity contribution in [1.82, 2.24) is 0 Å². The van der Waals surface area contributed by atoms with Gasteiger partial charge in [0.25, 0.3) is 0 Å². The van der Waals surface area contributed by atoms with Gasteiger partial charge in [0.05, 0.1) is 59.5 Å². The van der Waals surface area contributed by atoms with E-state index in [1.54, 1.807) is 0 Å². The molecule has 0 aliphatic carbocycles. The van der Waals surface area contributed by atoms with Gasteiger partial charge in [-0.15, -0.1) is 0 Å². The van der Waals surface area contributed by atoms with Crippen molar-refractivity contribution in [2.75, 3.05) is 59.5 Å². The van der Waals surface area contributed by atoms with Gasteiger partial charge in [-0.2, -0.15) is 0 Å². The second-order valence-corrected chi connectivity index (χ2v) is 25.2. The van der Waals surface area contributed by atoms with E-state index in [4.69, 9.17) is 80.5 Å². The van der Waals surface area contributed by atoms with E-state index in [1.807, 2.05) is 0 Å². The quantitative estimate of drug-likeness (QED) is 0.0404. The highest BCUT2D eigenvalue weighted by atomic mass is 16.8. The highest BCUT2D eigenvalue weighted by Crippen LogP contribution is 2.39. The molecule has 9 fully saturated rings. The molecule has 46 heteroatoms. The normalized spacial score (nSPS) is 53.7. The average Bonchev–Trinajstić information content (AvgIpc) is 0.776. The number of aliphatic hydroxyl groups excluding tert-OH is 29. The molecule has 29 N–H and O–H groups in total. The molecule has 0 aromatic heterocycles. The van der Waals surface area contributed by atoms with Crippen molar-refractivity contribution in [3.05, 3.63) is 0 Å². The molecule has 0 amide bonds. The van der Waals surface area contributed by atoms with Gasteiger partial charge in [0.15, 0.2) is 56.6 Å². The molecule has 0 aromatic carbocycles. The maximum atomic E-state index is 11.5. The van der Waals surface area contributed by atoms with Gasteiger partial charge in [0.2, 0.25) is 0 Å². The van der Waals surface area contributed by atoms with Gasteiger partial charge < -0.3 is 229 Å². The third-order valence-corrected chi connectivity index (χ3v) is 18.7. The first-order chi connectivity index (χ1) is 47.4. The predicted molar refractivity (Wildman–Crippen MR) is 297 cm³/mol. The minimum absolute atomic E-state index is 0.796. The van der Waals surface area contributed by atoms with E-state index in [9.17, 15) is 148 Å². The van der Waals surface area contributed by atoms with Gasteiger partial charge in [-0.1, -0.05) is 0 Å². The molecule has 9 aliphatic heterocycles. The van der Waals surface area contributed by atoms with Crippen molar-refractivity contribution in [2.45, 2.75) is 276 Å². The van der Waals surface area contributed by atoms with E-state index in [0.29, 0.717) is 0 Å². The first-order valence-corrected chi connectivity index (χ1v) is 31.7. The summed E-state index contributed by atoms with van der Waals surface area (Å²) in [5.74, 6) is 0. The SMILES string of the molecule is OC[C@H]1O[C@H](OC[C@H]2O[C@H](O[C@H]3[C@H](O)[C@@H](O)[C@@H](O[C@H]4[C@H](O)[C@@H](O)[C@@H](O[C@H]5[C@H](O)[C@@H](O)[C@@H](O[C@H]6[C@H](O)[C@@H](O)[C@@H](O[C@H]7[C@H](O)[C@@H](O)[C@@H](O[C@H]8[C@H](O)[C@@H](O)[C@@H](O[C@H]9[C@H](O)[C@@H](O)C(O)O[C@@H]9CO)O[C@@H]8CO)O[C@@H]7CO)O[C@@H]6CO)O[C@@H]5CO)O[C@@H]4CO)O[C@@H]3CO)[C@H](O)[C@@H](O)[C@@H]2O)[C@H](O)[C@@H](O)[C@@H]1O. The molecule has 100 heavy (non-hydrogen) atoms. The molecule has 9 saturated heterocycles. The Kier molecular flexibility index (Phi) is 29.2. The molecular formula is C54H92O46. The van der Waals surface area contributed by atoms with Crippen LogP contribution < -0.4 is 0 Å². The molecule has 9 aliphatic rings. The molecule has 46 nitrogen and oxygen atoms in total. The van der Waals surface area contributed by atoms with Gasteiger partial charge in [-0.3, -0.25) is 0 Å². The van der Waals surface area contributed by atoms with Crippen molar-refractivity contribution in [2.24, 2.45) is 0 Å². The maximum Gasteiger partial charge on any atom is 0.187 e. The van der Waals surface area contributed by atoms with Crippen molar-refractivity contribution in [3.63, 3.8) is 0 Å². The minimum Gasteiger partial charge on any atom is -0.394 e. The van der Waals surface area contributed by atoms with Crippen molar-refractivity contribution in [3.8, 4) is 0 Å².